The number of carboxylic acids is 1. The molecule has 1 rings (SSSR count). The van der Waals surface area contributed by atoms with E-state index >= 15 is 0 Å². The quantitative estimate of drug-likeness (QED) is 0.155. The number of amides is 3. The molecule has 9 N–H and O–H groups in total. The van der Waals surface area contributed by atoms with Crippen molar-refractivity contribution < 1.29 is 34.5 Å². The van der Waals surface area contributed by atoms with Crippen molar-refractivity contribution in [1.29, 1.82) is 0 Å². The molecule has 1 aliphatic rings. The van der Waals surface area contributed by atoms with E-state index in [0.717, 1.165) is 0 Å². The number of nitrogens with one attached hydrogen (secondary N) is 2. The van der Waals surface area contributed by atoms with E-state index in [2.05, 4.69) is 10.6 Å². The second-order valence-corrected chi connectivity index (χ2v) is 7.39. The Morgan fingerprint density at radius 1 is 1.20 bits per heavy atom. The van der Waals surface area contributed by atoms with Gasteiger partial charge in [0.1, 0.15) is 18.1 Å². The van der Waals surface area contributed by atoms with Gasteiger partial charge in [-0.05, 0) is 45.6 Å². The largest absolute Gasteiger partial charge is 0.480 e. The zero-order valence-electron chi connectivity index (χ0n) is 17.1. The third-order valence-electron chi connectivity index (χ3n) is 4.98. The first-order valence-electron chi connectivity index (χ1n) is 10.0. The summed E-state index contributed by atoms with van der Waals surface area (Å²) < 4.78 is 0. The molecule has 5 atom stereocenters. The number of hydrogen-bond donors (Lipinski definition) is 7. The average Bonchev–Trinajstić information content (AvgIpc) is 3.19. The van der Waals surface area contributed by atoms with Crippen LogP contribution in [0.5, 0.6) is 0 Å². The van der Waals surface area contributed by atoms with Crippen LogP contribution in [0.25, 0.3) is 0 Å². The highest BCUT2D eigenvalue weighted by atomic mass is 16.4. The Hall–Kier alpha value is -2.28. The lowest BCUT2D eigenvalue weighted by atomic mass is 10.1. The molecule has 12 heteroatoms. The van der Waals surface area contributed by atoms with Gasteiger partial charge in [0.2, 0.25) is 17.7 Å². The van der Waals surface area contributed by atoms with Crippen LogP contribution in [0.1, 0.15) is 39.0 Å². The van der Waals surface area contributed by atoms with E-state index in [1.807, 2.05) is 0 Å². The molecular formula is C18H33N5O7. The van der Waals surface area contributed by atoms with E-state index in [9.17, 15) is 24.3 Å². The Morgan fingerprint density at radius 3 is 2.40 bits per heavy atom. The molecule has 0 aromatic carbocycles. The maximum atomic E-state index is 13.1. The van der Waals surface area contributed by atoms with Crippen molar-refractivity contribution in [3.8, 4) is 0 Å². The van der Waals surface area contributed by atoms with Gasteiger partial charge in [-0.1, -0.05) is 0 Å². The number of likely N-dealkylation sites (tertiary alicyclic amines) is 1. The number of carbonyl (C=O) groups excluding carboxylic acids is 3. The van der Waals surface area contributed by atoms with Crippen molar-refractivity contribution in [1.82, 2.24) is 15.5 Å². The first-order chi connectivity index (χ1) is 14.1. The second-order valence-electron chi connectivity index (χ2n) is 7.39. The fourth-order valence-electron chi connectivity index (χ4n) is 3.25. The number of hydrogen-bond acceptors (Lipinski definition) is 8. The van der Waals surface area contributed by atoms with Gasteiger partial charge >= 0.3 is 5.97 Å². The van der Waals surface area contributed by atoms with Crippen LogP contribution >= 0.6 is 0 Å². The standard InChI is InChI=1S/C18H33N5O7/c1-10(25)14(18(29)30)22-16(27)13-6-4-8-23(13)17(28)12(5-2-3-7-19)21-15(26)11(20)9-24/h10-14,24-25H,2-9,19-20H2,1H3,(H,21,26)(H,22,27)(H,29,30). The van der Waals surface area contributed by atoms with Gasteiger partial charge in [-0.15, -0.1) is 0 Å². The van der Waals surface area contributed by atoms with Crippen molar-refractivity contribution in [3.63, 3.8) is 0 Å². The molecule has 1 aliphatic heterocycles. The number of nitrogens with two attached hydrogens (primary N) is 2. The molecule has 1 saturated heterocycles. The number of carbonyl (C=O) groups is 4. The SMILES string of the molecule is CC(O)C(NC(=O)C1CCCN1C(=O)C(CCCCN)NC(=O)C(N)CO)C(=O)O. The Balaban J connectivity index is 2.93. The summed E-state index contributed by atoms with van der Waals surface area (Å²) in [5.74, 6) is -3.26. The van der Waals surface area contributed by atoms with Crippen LogP contribution < -0.4 is 22.1 Å². The van der Waals surface area contributed by atoms with Gasteiger partial charge in [-0.25, -0.2) is 4.79 Å². The lowest BCUT2D eigenvalue weighted by Crippen LogP contribution is -2.58. The van der Waals surface area contributed by atoms with Crippen molar-refractivity contribution in [2.75, 3.05) is 19.7 Å². The zero-order valence-corrected chi connectivity index (χ0v) is 17.1. The molecule has 0 aromatic rings. The molecule has 5 unspecified atom stereocenters. The molecule has 0 spiro atoms. The predicted molar refractivity (Wildman–Crippen MR) is 106 cm³/mol. The minimum absolute atomic E-state index is 0.263. The molecule has 1 heterocycles. The molecule has 12 nitrogen and oxygen atoms in total. The van der Waals surface area contributed by atoms with Gasteiger partial charge in [-0.2, -0.15) is 0 Å². The van der Waals surface area contributed by atoms with Gasteiger partial charge < -0.3 is 42.3 Å². The number of nitrogens with zero attached hydrogens (tertiary/aromatic N) is 1. The fourth-order valence-corrected chi connectivity index (χ4v) is 3.25. The van der Waals surface area contributed by atoms with Crippen LogP contribution in [-0.2, 0) is 19.2 Å². The van der Waals surface area contributed by atoms with E-state index in [1.165, 1.54) is 11.8 Å². The van der Waals surface area contributed by atoms with E-state index in [4.69, 9.17) is 21.7 Å². The van der Waals surface area contributed by atoms with E-state index in [0.29, 0.717) is 32.2 Å². The smallest absolute Gasteiger partial charge is 0.328 e. The minimum Gasteiger partial charge on any atom is -0.480 e. The number of aliphatic hydroxyl groups is 2. The summed E-state index contributed by atoms with van der Waals surface area (Å²) in [5, 5.41) is 32.5. The molecule has 0 saturated carbocycles. The van der Waals surface area contributed by atoms with Crippen molar-refractivity contribution in [2.45, 2.75) is 69.3 Å². The van der Waals surface area contributed by atoms with Gasteiger partial charge in [0, 0.05) is 6.54 Å². The topological polar surface area (TPSA) is 208 Å². The first kappa shape index (κ1) is 25.8. The highest BCUT2D eigenvalue weighted by Gasteiger charge is 2.39. The average molecular weight is 431 g/mol. The van der Waals surface area contributed by atoms with Gasteiger partial charge in [0.25, 0.3) is 0 Å². The van der Waals surface area contributed by atoms with Gasteiger partial charge in [0.15, 0.2) is 6.04 Å². The van der Waals surface area contributed by atoms with Crippen LogP contribution in [0.15, 0.2) is 0 Å². The summed E-state index contributed by atoms with van der Waals surface area (Å²) in [7, 11) is 0. The minimum atomic E-state index is -1.50. The van der Waals surface area contributed by atoms with Crippen LogP contribution in [-0.4, -0.2) is 93.9 Å². The van der Waals surface area contributed by atoms with Crippen LogP contribution in [0, 0.1) is 0 Å². The number of aliphatic hydroxyl groups excluding tert-OH is 2. The summed E-state index contributed by atoms with van der Waals surface area (Å²) in [5.41, 5.74) is 11.0. The maximum Gasteiger partial charge on any atom is 0.328 e. The molecule has 0 aliphatic carbocycles. The van der Waals surface area contributed by atoms with E-state index in [-0.39, 0.29) is 13.0 Å². The number of rotatable bonds is 12. The summed E-state index contributed by atoms with van der Waals surface area (Å²) in [6.45, 7) is 1.33. The zero-order chi connectivity index (χ0) is 22.8. The van der Waals surface area contributed by atoms with Crippen molar-refractivity contribution in [3.05, 3.63) is 0 Å². The molecule has 172 valence electrons. The third kappa shape index (κ3) is 7.20. The van der Waals surface area contributed by atoms with Gasteiger partial charge in [-0.3, -0.25) is 14.4 Å². The van der Waals surface area contributed by atoms with Crippen molar-refractivity contribution >= 4 is 23.7 Å². The van der Waals surface area contributed by atoms with Crippen LogP contribution in [0.3, 0.4) is 0 Å². The lowest BCUT2D eigenvalue weighted by Gasteiger charge is -2.30. The highest BCUT2D eigenvalue weighted by molar-refractivity contribution is 5.94. The number of unbranched alkanes of at least 4 members (excludes halogenated alkanes) is 1. The second kappa shape index (κ2) is 12.4. The monoisotopic (exact) mass is 431 g/mol. The Morgan fingerprint density at radius 2 is 1.87 bits per heavy atom. The van der Waals surface area contributed by atoms with E-state index in [1.54, 1.807) is 0 Å². The lowest BCUT2D eigenvalue weighted by molar-refractivity contribution is -0.147. The van der Waals surface area contributed by atoms with Crippen molar-refractivity contribution in [2.24, 2.45) is 11.5 Å². The van der Waals surface area contributed by atoms with Crippen LogP contribution in [0.4, 0.5) is 0 Å². The number of carboxylic acid groups (broad SMARTS) is 1. The highest BCUT2D eigenvalue weighted by Crippen LogP contribution is 2.20. The van der Waals surface area contributed by atoms with E-state index < -0.39 is 60.6 Å². The van der Waals surface area contributed by atoms with Crippen LogP contribution in [0.2, 0.25) is 0 Å². The first-order valence-corrected chi connectivity index (χ1v) is 10.0. The normalized spacial score (nSPS) is 20.2. The summed E-state index contributed by atoms with van der Waals surface area (Å²) >= 11 is 0. The fraction of sp³-hybridized carbons (Fsp3) is 0.778. The summed E-state index contributed by atoms with van der Waals surface area (Å²) in [4.78, 5) is 50.3. The number of aliphatic carboxylic acids is 1. The predicted octanol–water partition coefficient (Wildman–Crippen LogP) is -3.14. The van der Waals surface area contributed by atoms with Gasteiger partial charge in [0.05, 0.1) is 12.7 Å². The Bertz CT molecular complexity index is 616. The third-order valence-corrected chi connectivity index (χ3v) is 4.98. The molecular weight excluding hydrogens is 398 g/mol. The molecule has 30 heavy (non-hydrogen) atoms. The Kier molecular flexibility index (Phi) is 10.7. The Labute approximate surface area is 175 Å². The molecule has 0 aromatic heterocycles. The maximum absolute atomic E-state index is 13.1. The molecule has 1 fully saturated rings. The summed E-state index contributed by atoms with van der Waals surface area (Å²) in [6.07, 6.45) is 0.981. The molecule has 0 bridgehead atoms. The molecule has 0 radical (unpaired) electrons. The summed E-state index contributed by atoms with van der Waals surface area (Å²) in [6, 6.07) is -4.56. The molecule has 3 amide bonds.